The summed E-state index contributed by atoms with van der Waals surface area (Å²) in [5.41, 5.74) is 0.0813. The fourth-order valence-electron chi connectivity index (χ4n) is 3.22. The summed E-state index contributed by atoms with van der Waals surface area (Å²) in [4.78, 5) is 14.1. The number of likely N-dealkylation sites (N-methyl/N-ethyl adjacent to an activating group) is 1. The highest BCUT2D eigenvalue weighted by atomic mass is 16.3. The number of rotatable bonds is 7. The lowest BCUT2D eigenvalue weighted by atomic mass is 9.75. The van der Waals surface area contributed by atoms with Gasteiger partial charge in [-0.3, -0.25) is 0 Å². The van der Waals surface area contributed by atoms with Gasteiger partial charge in [0.1, 0.15) is 0 Å². The first kappa shape index (κ1) is 18.2. The first-order valence-corrected chi connectivity index (χ1v) is 8.27. The van der Waals surface area contributed by atoms with E-state index in [0.29, 0.717) is 25.4 Å². The molecule has 2 amide bonds. The second-order valence-electron chi connectivity index (χ2n) is 6.78. The molecule has 5 heteroatoms. The highest BCUT2D eigenvalue weighted by Crippen LogP contribution is 2.35. The molecule has 0 radical (unpaired) electrons. The Balaban J connectivity index is 2.38. The maximum Gasteiger partial charge on any atom is 0.314 e. The van der Waals surface area contributed by atoms with Crippen LogP contribution < -0.4 is 10.6 Å². The van der Waals surface area contributed by atoms with Gasteiger partial charge in [0.05, 0.1) is 6.10 Å². The van der Waals surface area contributed by atoms with Gasteiger partial charge in [-0.15, -0.1) is 0 Å². The van der Waals surface area contributed by atoms with Crippen molar-refractivity contribution in [3.63, 3.8) is 0 Å². The molecule has 0 spiro atoms. The van der Waals surface area contributed by atoms with Gasteiger partial charge in [0.15, 0.2) is 0 Å². The minimum Gasteiger partial charge on any atom is -0.393 e. The summed E-state index contributed by atoms with van der Waals surface area (Å²) in [7, 11) is 4.21. The molecule has 0 saturated heterocycles. The Hall–Kier alpha value is -0.810. The number of aliphatic hydroxyl groups is 1. The second kappa shape index (κ2) is 8.59. The van der Waals surface area contributed by atoms with Crippen molar-refractivity contribution in [3.05, 3.63) is 0 Å². The van der Waals surface area contributed by atoms with E-state index in [1.54, 1.807) is 0 Å². The van der Waals surface area contributed by atoms with Gasteiger partial charge in [0.2, 0.25) is 0 Å². The molecule has 5 nitrogen and oxygen atoms in total. The largest absolute Gasteiger partial charge is 0.393 e. The van der Waals surface area contributed by atoms with E-state index in [0.717, 1.165) is 19.3 Å². The van der Waals surface area contributed by atoms with Crippen molar-refractivity contribution in [2.24, 2.45) is 5.92 Å². The molecular formula is C16H33N3O2. The molecule has 3 N–H and O–H groups in total. The van der Waals surface area contributed by atoms with E-state index in [9.17, 15) is 9.90 Å². The molecule has 1 fully saturated rings. The van der Waals surface area contributed by atoms with Crippen LogP contribution in [0.5, 0.6) is 0 Å². The molecule has 0 aromatic carbocycles. The van der Waals surface area contributed by atoms with Gasteiger partial charge >= 0.3 is 6.03 Å². The summed E-state index contributed by atoms with van der Waals surface area (Å²) in [6.07, 6.45) is 5.80. The van der Waals surface area contributed by atoms with Gasteiger partial charge in [0, 0.05) is 18.6 Å². The van der Waals surface area contributed by atoms with Crippen LogP contribution >= 0.6 is 0 Å². The summed E-state index contributed by atoms with van der Waals surface area (Å²) >= 11 is 0. The first-order chi connectivity index (χ1) is 9.89. The van der Waals surface area contributed by atoms with Gasteiger partial charge in [-0.2, -0.15) is 0 Å². The van der Waals surface area contributed by atoms with Crippen LogP contribution in [-0.4, -0.2) is 54.9 Å². The molecular weight excluding hydrogens is 266 g/mol. The van der Waals surface area contributed by atoms with Crippen LogP contribution in [0.25, 0.3) is 0 Å². The first-order valence-electron chi connectivity index (χ1n) is 8.27. The van der Waals surface area contributed by atoms with Crippen LogP contribution in [0, 0.1) is 5.92 Å². The van der Waals surface area contributed by atoms with Crippen molar-refractivity contribution in [1.29, 1.82) is 0 Å². The third-order valence-electron chi connectivity index (χ3n) is 4.83. The monoisotopic (exact) mass is 299 g/mol. The van der Waals surface area contributed by atoms with E-state index in [1.165, 1.54) is 12.8 Å². The molecule has 1 aliphatic rings. The number of carbonyl (C=O) groups is 1. The number of urea groups is 1. The highest BCUT2D eigenvalue weighted by molar-refractivity contribution is 5.73. The van der Waals surface area contributed by atoms with E-state index in [-0.39, 0.29) is 17.7 Å². The minimum absolute atomic E-state index is 0.0813. The van der Waals surface area contributed by atoms with Gasteiger partial charge in [-0.25, -0.2) is 4.79 Å². The molecule has 1 saturated carbocycles. The van der Waals surface area contributed by atoms with Crippen LogP contribution in [0.2, 0.25) is 0 Å². The fourth-order valence-corrected chi connectivity index (χ4v) is 3.22. The summed E-state index contributed by atoms with van der Waals surface area (Å²) in [5.74, 6) is 0.714. The number of aliphatic hydroxyl groups excluding tert-OH is 1. The zero-order valence-corrected chi connectivity index (χ0v) is 14.1. The number of nitrogens with one attached hydrogen (secondary N) is 2. The maximum absolute atomic E-state index is 11.9. The summed E-state index contributed by atoms with van der Waals surface area (Å²) in [6.45, 7) is 5.44. The molecule has 124 valence electrons. The van der Waals surface area contributed by atoms with Crippen LogP contribution in [0.1, 0.15) is 52.4 Å². The molecule has 1 aliphatic carbocycles. The van der Waals surface area contributed by atoms with Crippen molar-refractivity contribution in [2.45, 2.75) is 64.0 Å². The molecule has 21 heavy (non-hydrogen) atoms. The fraction of sp³-hybridized carbons (Fsp3) is 0.938. The Bertz CT molecular complexity index is 323. The molecule has 0 heterocycles. The zero-order chi connectivity index (χ0) is 15.9. The molecule has 0 aromatic rings. The van der Waals surface area contributed by atoms with E-state index in [2.05, 4.69) is 36.6 Å². The standard InChI is InChI=1S/C16H33N3O2/c1-5-14(20)8-10-17-15(21)18-12-16(19(3)4)9-6-7-13(2)11-16/h13-14,20H,5-12H2,1-4H3,(H2,17,18,21). The lowest BCUT2D eigenvalue weighted by molar-refractivity contribution is 0.0772. The predicted molar refractivity (Wildman–Crippen MR) is 86.4 cm³/mol. The Morgan fingerprint density at radius 1 is 1.43 bits per heavy atom. The third kappa shape index (κ3) is 5.83. The average molecular weight is 299 g/mol. The lowest BCUT2D eigenvalue weighted by Gasteiger charge is -2.45. The zero-order valence-electron chi connectivity index (χ0n) is 14.1. The van der Waals surface area contributed by atoms with E-state index < -0.39 is 0 Å². The van der Waals surface area contributed by atoms with Gasteiger partial charge in [-0.1, -0.05) is 26.7 Å². The topological polar surface area (TPSA) is 64.6 Å². The molecule has 0 bridgehead atoms. The minimum atomic E-state index is -0.322. The number of carbonyl (C=O) groups excluding carboxylic acids is 1. The smallest absolute Gasteiger partial charge is 0.314 e. The van der Waals surface area contributed by atoms with Crippen molar-refractivity contribution >= 4 is 6.03 Å². The lowest BCUT2D eigenvalue weighted by Crippen LogP contribution is -2.56. The Kier molecular flexibility index (Phi) is 7.46. The number of hydrogen-bond acceptors (Lipinski definition) is 3. The van der Waals surface area contributed by atoms with Crippen LogP contribution in [-0.2, 0) is 0 Å². The summed E-state index contributed by atoms with van der Waals surface area (Å²) in [5, 5.41) is 15.3. The molecule has 0 aromatic heterocycles. The molecule has 0 aliphatic heterocycles. The second-order valence-corrected chi connectivity index (χ2v) is 6.78. The summed E-state index contributed by atoms with van der Waals surface area (Å²) in [6, 6.07) is -0.127. The number of amides is 2. The molecule has 3 atom stereocenters. The van der Waals surface area contributed by atoms with Crippen LogP contribution in [0.3, 0.4) is 0 Å². The Morgan fingerprint density at radius 2 is 2.14 bits per heavy atom. The number of nitrogens with zero attached hydrogens (tertiary/aromatic N) is 1. The van der Waals surface area contributed by atoms with Gasteiger partial charge < -0.3 is 20.6 Å². The van der Waals surface area contributed by atoms with Crippen molar-refractivity contribution in [3.8, 4) is 0 Å². The Morgan fingerprint density at radius 3 is 2.71 bits per heavy atom. The van der Waals surface area contributed by atoms with Crippen molar-refractivity contribution in [2.75, 3.05) is 27.2 Å². The quantitative estimate of drug-likeness (QED) is 0.673. The molecule has 3 unspecified atom stereocenters. The molecule has 1 rings (SSSR count). The van der Waals surface area contributed by atoms with E-state index in [1.807, 2.05) is 6.92 Å². The van der Waals surface area contributed by atoms with Gasteiger partial charge in [0.25, 0.3) is 0 Å². The van der Waals surface area contributed by atoms with E-state index in [4.69, 9.17) is 0 Å². The maximum atomic E-state index is 11.9. The highest BCUT2D eigenvalue weighted by Gasteiger charge is 2.37. The number of hydrogen-bond donors (Lipinski definition) is 3. The van der Waals surface area contributed by atoms with Crippen LogP contribution in [0.4, 0.5) is 4.79 Å². The van der Waals surface area contributed by atoms with E-state index >= 15 is 0 Å². The predicted octanol–water partition coefficient (Wildman–Crippen LogP) is 1.96. The average Bonchev–Trinajstić information content (AvgIpc) is 2.44. The van der Waals surface area contributed by atoms with Gasteiger partial charge in [-0.05, 0) is 45.7 Å². The van der Waals surface area contributed by atoms with Crippen molar-refractivity contribution < 1.29 is 9.90 Å². The van der Waals surface area contributed by atoms with Crippen molar-refractivity contribution in [1.82, 2.24) is 15.5 Å². The third-order valence-corrected chi connectivity index (χ3v) is 4.83. The SMILES string of the molecule is CCC(O)CCNC(=O)NCC1(N(C)C)CCCC(C)C1. The summed E-state index contributed by atoms with van der Waals surface area (Å²) < 4.78 is 0. The normalized spacial score (nSPS) is 27.4. The van der Waals surface area contributed by atoms with Crippen LogP contribution in [0.15, 0.2) is 0 Å². The Labute approximate surface area is 129 Å².